The van der Waals surface area contributed by atoms with Gasteiger partial charge in [-0.1, -0.05) is 18.6 Å². The van der Waals surface area contributed by atoms with Crippen LogP contribution in [0.1, 0.15) is 24.8 Å². The second-order valence-corrected chi connectivity index (χ2v) is 5.64. The molecule has 2 aliphatic rings. The zero-order valence-corrected chi connectivity index (χ0v) is 11.2. The van der Waals surface area contributed by atoms with E-state index in [2.05, 4.69) is 22.8 Å². The highest BCUT2D eigenvalue weighted by Crippen LogP contribution is 2.31. The average Bonchev–Trinajstić information content (AvgIpc) is 2.38. The Morgan fingerprint density at radius 2 is 2.06 bits per heavy atom. The van der Waals surface area contributed by atoms with Crippen molar-refractivity contribution in [3.05, 3.63) is 23.8 Å². The molecule has 0 radical (unpaired) electrons. The third-order valence-electron chi connectivity index (χ3n) is 4.42. The molecule has 2 N–H and O–H groups in total. The molecule has 0 aliphatic carbocycles. The van der Waals surface area contributed by atoms with Crippen molar-refractivity contribution >= 4 is 11.4 Å². The van der Waals surface area contributed by atoms with Gasteiger partial charge in [0.15, 0.2) is 0 Å². The molecule has 1 unspecified atom stereocenters. The first-order chi connectivity index (χ1) is 8.75. The van der Waals surface area contributed by atoms with E-state index < -0.39 is 0 Å². The number of benzene rings is 1. The predicted molar refractivity (Wildman–Crippen MR) is 77.0 cm³/mol. The minimum Gasteiger partial charge on any atom is -0.397 e. The molecule has 0 aromatic heterocycles. The van der Waals surface area contributed by atoms with Crippen molar-refractivity contribution in [1.29, 1.82) is 0 Å². The fourth-order valence-corrected chi connectivity index (χ4v) is 3.47. The Bertz CT molecular complexity index is 409. The van der Waals surface area contributed by atoms with E-state index in [9.17, 15) is 0 Å². The summed E-state index contributed by atoms with van der Waals surface area (Å²) in [4.78, 5) is 5.16. The first-order valence-corrected chi connectivity index (χ1v) is 7.10. The highest BCUT2D eigenvalue weighted by atomic mass is 15.3. The molecular weight excluding hydrogens is 222 g/mol. The molecule has 3 rings (SSSR count). The van der Waals surface area contributed by atoms with E-state index >= 15 is 0 Å². The predicted octanol–water partition coefficient (Wildman–Crippen LogP) is 2.25. The van der Waals surface area contributed by atoms with Gasteiger partial charge in [-0.05, 0) is 37.9 Å². The maximum atomic E-state index is 6.16. The van der Waals surface area contributed by atoms with E-state index in [0.717, 1.165) is 24.8 Å². The summed E-state index contributed by atoms with van der Waals surface area (Å²) >= 11 is 0. The summed E-state index contributed by atoms with van der Waals surface area (Å²) < 4.78 is 0. The number of piperazine rings is 1. The maximum absolute atomic E-state index is 6.16. The second-order valence-electron chi connectivity index (χ2n) is 5.64. The number of hydrogen-bond acceptors (Lipinski definition) is 3. The van der Waals surface area contributed by atoms with Crippen LogP contribution in [-0.2, 0) is 0 Å². The van der Waals surface area contributed by atoms with Crippen LogP contribution in [0.3, 0.4) is 0 Å². The van der Waals surface area contributed by atoms with Crippen LogP contribution in [0, 0.1) is 6.92 Å². The van der Waals surface area contributed by atoms with Crippen molar-refractivity contribution in [2.45, 2.75) is 32.2 Å². The van der Waals surface area contributed by atoms with Gasteiger partial charge in [-0.2, -0.15) is 0 Å². The molecule has 2 fully saturated rings. The Morgan fingerprint density at radius 3 is 2.89 bits per heavy atom. The summed E-state index contributed by atoms with van der Waals surface area (Å²) in [6, 6.07) is 6.98. The van der Waals surface area contributed by atoms with Crippen molar-refractivity contribution < 1.29 is 0 Å². The molecule has 1 aromatic rings. The third-order valence-corrected chi connectivity index (χ3v) is 4.42. The lowest BCUT2D eigenvalue weighted by Gasteiger charge is -2.45. The summed E-state index contributed by atoms with van der Waals surface area (Å²) in [5, 5.41) is 0. The van der Waals surface area contributed by atoms with Crippen molar-refractivity contribution in [3.63, 3.8) is 0 Å². The molecule has 3 nitrogen and oxygen atoms in total. The van der Waals surface area contributed by atoms with Crippen LogP contribution < -0.4 is 10.6 Å². The van der Waals surface area contributed by atoms with Gasteiger partial charge in [0.05, 0.1) is 11.4 Å². The first-order valence-electron chi connectivity index (χ1n) is 7.10. The molecule has 2 saturated heterocycles. The van der Waals surface area contributed by atoms with Crippen LogP contribution in [0.15, 0.2) is 18.2 Å². The zero-order valence-electron chi connectivity index (χ0n) is 11.2. The Hall–Kier alpha value is -1.22. The molecule has 1 aromatic carbocycles. The number of nitrogen functional groups attached to an aromatic ring is 1. The van der Waals surface area contributed by atoms with Crippen molar-refractivity contribution in [3.8, 4) is 0 Å². The minimum absolute atomic E-state index is 0.742. The van der Waals surface area contributed by atoms with E-state index in [4.69, 9.17) is 5.73 Å². The number of aryl methyl sites for hydroxylation is 1. The topological polar surface area (TPSA) is 32.5 Å². The largest absolute Gasteiger partial charge is 0.397 e. The SMILES string of the molecule is Cc1cccc(N)c1N1CCN2CCCCC2C1. The van der Waals surface area contributed by atoms with Crippen LogP contribution in [0.25, 0.3) is 0 Å². The Labute approximate surface area is 110 Å². The Balaban J connectivity index is 1.81. The highest BCUT2D eigenvalue weighted by Gasteiger charge is 2.29. The molecule has 1 atom stereocenters. The number of hydrogen-bond donors (Lipinski definition) is 1. The fourth-order valence-electron chi connectivity index (χ4n) is 3.47. The van der Waals surface area contributed by atoms with Crippen LogP contribution in [0.4, 0.5) is 11.4 Å². The number of anilines is 2. The summed E-state index contributed by atoms with van der Waals surface area (Å²) in [6.07, 6.45) is 4.11. The smallest absolute Gasteiger partial charge is 0.0630 e. The summed E-state index contributed by atoms with van der Waals surface area (Å²) in [6.45, 7) is 6.92. The molecule has 3 heteroatoms. The zero-order chi connectivity index (χ0) is 12.5. The number of para-hydroxylation sites is 1. The highest BCUT2D eigenvalue weighted by molar-refractivity contribution is 5.71. The van der Waals surface area contributed by atoms with Crippen LogP contribution in [0.5, 0.6) is 0 Å². The standard InChI is InChI=1S/C15H23N3/c1-12-5-4-7-14(16)15(12)18-10-9-17-8-3-2-6-13(17)11-18/h4-5,7,13H,2-3,6,8-11,16H2,1H3. The summed E-state index contributed by atoms with van der Waals surface area (Å²) in [5.74, 6) is 0. The van der Waals surface area contributed by atoms with Gasteiger partial charge in [-0.25, -0.2) is 0 Å². The monoisotopic (exact) mass is 245 g/mol. The molecular formula is C15H23N3. The van der Waals surface area contributed by atoms with Crippen molar-refractivity contribution in [2.24, 2.45) is 0 Å². The molecule has 18 heavy (non-hydrogen) atoms. The number of nitrogens with zero attached hydrogens (tertiary/aromatic N) is 2. The van der Waals surface area contributed by atoms with Crippen LogP contribution in [0.2, 0.25) is 0 Å². The molecule has 0 saturated carbocycles. The average molecular weight is 245 g/mol. The van der Waals surface area contributed by atoms with Crippen molar-refractivity contribution in [1.82, 2.24) is 4.90 Å². The van der Waals surface area contributed by atoms with Gasteiger partial charge in [0.25, 0.3) is 0 Å². The Morgan fingerprint density at radius 1 is 1.17 bits per heavy atom. The van der Waals surface area contributed by atoms with Gasteiger partial charge < -0.3 is 10.6 Å². The van der Waals surface area contributed by atoms with Crippen molar-refractivity contribution in [2.75, 3.05) is 36.8 Å². The quantitative estimate of drug-likeness (QED) is 0.770. The van der Waals surface area contributed by atoms with Gasteiger partial charge >= 0.3 is 0 Å². The Kier molecular flexibility index (Phi) is 3.16. The summed E-state index contributed by atoms with van der Waals surface area (Å²) in [5.41, 5.74) is 9.67. The number of rotatable bonds is 1. The molecule has 2 heterocycles. The lowest BCUT2D eigenvalue weighted by molar-refractivity contribution is 0.133. The molecule has 98 valence electrons. The third kappa shape index (κ3) is 2.07. The van der Waals surface area contributed by atoms with Gasteiger partial charge in [0.2, 0.25) is 0 Å². The summed E-state index contributed by atoms with van der Waals surface area (Å²) in [7, 11) is 0. The first kappa shape index (κ1) is 11.8. The van der Waals surface area contributed by atoms with Crippen LogP contribution in [-0.4, -0.2) is 37.1 Å². The van der Waals surface area contributed by atoms with Gasteiger partial charge in [-0.15, -0.1) is 0 Å². The number of fused-ring (bicyclic) bond motifs is 1. The minimum atomic E-state index is 0.742. The second kappa shape index (κ2) is 4.81. The van der Waals surface area contributed by atoms with Crippen LogP contribution >= 0.6 is 0 Å². The molecule has 2 aliphatic heterocycles. The molecule has 0 bridgehead atoms. The lowest BCUT2D eigenvalue weighted by atomic mass is 9.98. The van der Waals surface area contributed by atoms with E-state index in [1.807, 2.05) is 12.1 Å². The van der Waals surface area contributed by atoms with Gasteiger partial charge in [0, 0.05) is 25.7 Å². The van der Waals surface area contributed by atoms with E-state index in [1.54, 1.807) is 0 Å². The van der Waals surface area contributed by atoms with E-state index in [1.165, 1.54) is 43.6 Å². The normalized spacial score (nSPS) is 24.9. The lowest BCUT2D eigenvalue weighted by Crippen LogP contribution is -2.55. The fraction of sp³-hybridized carbons (Fsp3) is 0.600. The number of nitrogens with two attached hydrogens (primary N) is 1. The molecule has 0 spiro atoms. The van der Waals surface area contributed by atoms with E-state index in [0.29, 0.717) is 0 Å². The van der Waals surface area contributed by atoms with Gasteiger partial charge in [0.1, 0.15) is 0 Å². The van der Waals surface area contributed by atoms with E-state index in [-0.39, 0.29) is 0 Å². The maximum Gasteiger partial charge on any atom is 0.0630 e. The van der Waals surface area contributed by atoms with Gasteiger partial charge in [-0.3, -0.25) is 4.90 Å². The molecule has 0 amide bonds. The number of piperidine rings is 1.